The van der Waals surface area contributed by atoms with E-state index in [2.05, 4.69) is 0 Å². The predicted octanol–water partition coefficient (Wildman–Crippen LogP) is 4.81. The van der Waals surface area contributed by atoms with Crippen LogP contribution >= 0.6 is 0 Å². The second-order valence-electron chi connectivity index (χ2n) is 8.24. The monoisotopic (exact) mass is 522 g/mol. The van der Waals surface area contributed by atoms with E-state index in [0.717, 1.165) is 12.1 Å². The Bertz CT molecular complexity index is 1200. The predicted molar refractivity (Wildman–Crippen MR) is 112 cm³/mol. The first-order chi connectivity index (χ1) is 16.3. The molecule has 2 aromatic carbocycles. The zero-order chi connectivity index (χ0) is 25.6. The van der Waals surface area contributed by atoms with Crippen molar-refractivity contribution in [3.63, 3.8) is 0 Å². The molecule has 0 atom stereocenters. The van der Waals surface area contributed by atoms with Crippen LogP contribution in [-0.2, 0) is 22.6 Å². The Morgan fingerprint density at radius 3 is 2.09 bits per heavy atom. The first kappa shape index (κ1) is 25.3. The van der Waals surface area contributed by atoms with Crippen molar-refractivity contribution in [2.45, 2.75) is 37.0 Å². The minimum Gasteiger partial charge on any atom is -0.457 e. The standard InChI is InChI=1S/C22H20F6N2O4S/c23-21(24,25)14-4-6-16(7-5-14)34-19-3-1-2-18-17(19)10-13-30(20(18)31)15-8-11-29(12-9-15)35(32,33)22(26,27)28/h1-7,15H,8-13H2. The van der Waals surface area contributed by atoms with E-state index in [9.17, 15) is 39.6 Å². The number of ether oxygens (including phenoxy) is 1. The average Bonchev–Trinajstić information content (AvgIpc) is 2.79. The van der Waals surface area contributed by atoms with E-state index < -0.39 is 33.3 Å². The molecule has 13 heteroatoms. The fourth-order valence-corrected chi connectivity index (χ4v) is 5.32. The molecule has 1 amide bonds. The van der Waals surface area contributed by atoms with E-state index in [-0.39, 0.29) is 44.1 Å². The molecule has 4 rings (SSSR count). The highest BCUT2D eigenvalue weighted by Gasteiger charge is 2.51. The van der Waals surface area contributed by atoms with Gasteiger partial charge in [0.15, 0.2) is 0 Å². The smallest absolute Gasteiger partial charge is 0.457 e. The van der Waals surface area contributed by atoms with Crippen molar-refractivity contribution in [2.75, 3.05) is 19.6 Å². The fraction of sp³-hybridized carbons (Fsp3) is 0.409. The molecule has 2 heterocycles. The Morgan fingerprint density at radius 2 is 1.51 bits per heavy atom. The molecule has 0 aliphatic carbocycles. The van der Waals surface area contributed by atoms with Crippen molar-refractivity contribution < 1.29 is 44.3 Å². The highest BCUT2D eigenvalue weighted by Crippen LogP contribution is 2.36. The first-order valence-corrected chi connectivity index (χ1v) is 12.1. The van der Waals surface area contributed by atoms with E-state index in [4.69, 9.17) is 4.74 Å². The summed E-state index contributed by atoms with van der Waals surface area (Å²) in [6.07, 6.45) is -3.98. The summed E-state index contributed by atoms with van der Waals surface area (Å²) in [5.41, 5.74) is -5.29. The third-order valence-corrected chi connectivity index (χ3v) is 7.76. The van der Waals surface area contributed by atoms with Gasteiger partial charge in [-0.05, 0) is 55.7 Å². The molecule has 0 saturated carbocycles. The molecule has 190 valence electrons. The van der Waals surface area contributed by atoms with Crippen LogP contribution < -0.4 is 4.74 Å². The molecule has 2 aliphatic heterocycles. The molecule has 1 fully saturated rings. The van der Waals surface area contributed by atoms with Crippen LogP contribution in [0.3, 0.4) is 0 Å². The van der Waals surface area contributed by atoms with Gasteiger partial charge in [0.25, 0.3) is 5.91 Å². The molecule has 0 unspecified atom stereocenters. The Labute approximate surface area is 197 Å². The lowest BCUT2D eigenvalue weighted by molar-refractivity contribution is -0.137. The molecule has 1 saturated heterocycles. The summed E-state index contributed by atoms with van der Waals surface area (Å²) in [7, 11) is -5.41. The Balaban J connectivity index is 1.47. The number of benzene rings is 2. The molecule has 0 spiro atoms. The quantitative estimate of drug-likeness (QED) is 0.541. The van der Waals surface area contributed by atoms with Crippen molar-refractivity contribution in [3.05, 3.63) is 59.2 Å². The molecule has 0 radical (unpaired) electrons. The number of amides is 1. The van der Waals surface area contributed by atoms with Gasteiger partial charge < -0.3 is 9.64 Å². The van der Waals surface area contributed by atoms with Crippen LogP contribution in [-0.4, -0.2) is 54.7 Å². The molecule has 2 aromatic rings. The van der Waals surface area contributed by atoms with Gasteiger partial charge in [-0.2, -0.15) is 30.6 Å². The van der Waals surface area contributed by atoms with Gasteiger partial charge in [-0.15, -0.1) is 0 Å². The zero-order valence-electron chi connectivity index (χ0n) is 18.1. The minimum atomic E-state index is -5.41. The second kappa shape index (κ2) is 9.01. The van der Waals surface area contributed by atoms with Gasteiger partial charge in [0.05, 0.1) is 5.56 Å². The highest BCUT2D eigenvalue weighted by atomic mass is 32.2. The number of piperidine rings is 1. The fourth-order valence-electron chi connectivity index (χ4n) is 4.34. The van der Waals surface area contributed by atoms with Crippen LogP contribution in [0.2, 0.25) is 0 Å². The molecule has 0 bridgehead atoms. The maximum atomic E-state index is 13.1. The van der Waals surface area contributed by atoms with Gasteiger partial charge in [-0.25, -0.2) is 8.42 Å². The van der Waals surface area contributed by atoms with Crippen LogP contribution in [0.1, 0.15) is 34.3 Å². The van der Waals surface area contributed by atoms with Gasteiger partial charge in [0, 0.05) is 36.8 Å². The summed E-state index contributed by atoms with van der Waals surface area (Å²) in [5, 5.41) is 0. The lowest BCUT2D eigenvalue weighted by Crippen LogP contribution is -2.52. The molecular formula is C22H20F6N2O4S. The topological polar surface area (TPSA) is 66.9 Å². The third kappa shape index (κ3) is 4.96. The largest absolute Gasteiger partial charge is 0.511 e. The summed E-state index contributed by atoms with van der Waals surface area (Å²) < 4.78 is 106. The summed E-state index contributed by atoms with van der Waals surface area (Å²) in [4.78, 5) is 14.7. The summed E-state index contributed by atoms with van der Waals surface area (Å²) in [5.74, 6) is 0.127. The number of rotatable bonds is 4. The normalized spacial score (nSPS) is 18.5. The highest BCUT2D eigenvalue weighted by molar-refractivity contribution is 7.90. The first-order valence-electron chi connectivity index (χ1n) is 10.6. The Kier molecular flexibility index (Phi) is 6.51. The molecule has 2 aliphatic rings. The van der Waals surface area contributed by atoms with Crippen molar-refractivity contribution in [2.24, 2.45) is 0 Å². The summed E-state index contributed by atoms with van der Waals surface area (Å²) >= 11 is 0. The van der Waals surface area contributed by atoms with Gasteiger partial charge in [0.2, 0.25) is 0 Å². The van der Waals surface area contributed by atoms with Crippen LogP contribution in [0, 0.1) is 0 Å². The van der Waals surface area contributed by atoms with E-state index in [0.29, 0.717) is 27.6 Å². The van der Waals surface area contributed by atoms with Crippen LogP contribution in [0.5, 0.6) is 11.5 Å². The summed E-state index contributed by atoms with van der Waals surface area (Å²) in [6.45, 7) is -0.448. The number of fused-ring (bicyclic) bond motifs is 1. The van der Waals surface area contributed by atoms with Crippen LogP contribution in [0.4, 0.5) is 26.3 Å². The zero-order valence-corrected chi connectivity index (χ0v) is 18.9. The van der Waals surface area contributed by atoms with E-state index >= 15 is 0 Å². The lowest BCUT2D eigenvalue weighted by atomic mass is 9.94. The number of carbonyl (C=O) groups excluding carboxylic acids is 1. The maximum Gasteiger partial charge on any atom is 0.511 e. The van der Waals surface area contributed by atoms with Gasteiger partial charge in [0.1, 0.15) is 11.5 Å². The van der Waals surface area contributed by atoms with Crippen molar-refractivity contribution in [1.82, 2.24) is 9.21 Å². The molecular weight excluding hydrogens is 502 g/mol. The van der Waals surface area contributed by atoms with E-state index in [1.165, 1.54) is 17.0 Å². The minimum absolute atomic E-state index is 0.0676. The molecule has 6 nitrogen and oxygen atoms in total. The maximum absolute atomic E-state index is 13.1. The Hall–Kier alpha value is -2.80. The number of alkyl halides is 6. The van der Waals surface area contributed by atoms with Crippen molar-refractivity contribution in [3.8, 4) is 11.5 Å². The SMILES string of the molecule is O=C1c2cccc(Oc3ccc(C(F)(F)F)cc3)c2CCN1C1CCN(S(=O)(=O)C(F)(F)F)CC1. The van der Waals surface area contributed by atoms with Crippen LogP contribution in [0.15, 0.2) is 42.5 Å². The van der Waals surface area contributed by atoms with Crippen molar-refractivity contribution >= 4 is 15.9 Å². The number of halogens is 6. The number of sulfonamides is 1. The van der Waals surface area contributed by atoms with Gasteiger partial charge in [-0.1, -0.05) is 6.07 Å². The molecule has 0 aromatic heterocycles. The summed E-state index contributed by atoms with van der Waals surface area (Å²) in [6, 6.07) is 8.47. The Morgan fingerprint density at radius 1 is 0.886 bits per heavy atom. The van der Waals surface area contributed by atoms with Crippen molar-refractivity contribution in [1.29, 1.82) is 0 Å². The number of hydrogen-bond acceptors (Lipinski definition) is 4. The second-order valence-corrected chi connectivity index (χ2v) is 10.2. The average molecular weight is 522 g/mol. The number of carbonyl (C=O) groups is 1. The van der Waals surface area contributed by atoms with E-state index in [1.807, 2.05) is 0 Å². The number of hydrogen-bond donors (Lipinski definition) is 0. The van der Waals surface area contributed by atoms with Gasteiger partial charge in [-0.3, -0.25) is 4.79 Å². The van der Waals surface area contributed by atoms with Gasteiger partial charge >= 0.3 is 21.7 Å². The third-order valence-electron chi connectivity index (χ3n) is 6.13. The van der Waals surface area contributed by atoms with E-state index in [1.54, 1.807) is 18.2 Å². The van der Waals surface area contributed by atoms with Crippen LogP contribution in [0.25, 0.3) is 0 Å². The number of nitrogens with zero attached hydrogens (tertiary/aromatic N) is 2. The molecule has 0 N–H and O–H groups in total. The molecule has 35 heavy (non-hydrogen) atoms. The lowest BCUT2D eigenvalue weighted by Gasteiger charge is -2.40.